The van der Waals surface area contributed by atoms with E-state index >= 15 is 0 Å². The summed E-state index contributed by atoms with van der Waals surface area (Å²) < 4.78 is 0. The number of likely N-dealkylation sites (tertiary alicyclic amines) is 1. The molecule has 1 aliphatic rings. The number of anilines is 1. The van der Waals surface area contributed by atoms with Crippen molar-refractivity contribution in [2.75, 3.05) is 18.4 Å². The standard InChI is InChI=1S/C16H20N6O3/c1-9(17)20-15(23)12-7-19-14-11(4-5-18-14)13(12)21-10-3-2-6-22(8-10)16(24)25/h4-5,7,10H,2-3,6,8H2,1H3,(H,24,25)(H2,17,20,23)(H2,18,19,21)/t10-/m1/s1. The summed E-state index contributed by atoms with van der Waals surface area (Å²) >= 11 is 0. The summed E-state index contributed by atoms with van der Waals surface area (Å²) in [5.41, 5.74) is 1.56. The van der Waals surface area contributed by atoms with Crippen LogP contribution in [0.25, 0.3) is 11.0 Å². The van der Waals surface area contributed by atoms with Gasteiger partial charge in [-0.05, 0) is 25.8 Å². The Morgan fingerprint density at radius 2 is 2.28 bits per heavy atom. The third-order valence-electron chi connectivity index (χ3n) is 4.17. The van der Waals surface area contributed by atoms with Gasteiger partial charge in [-0.1, -0.05) is 0 Å². The van der Waals surface area contributed by atoms with Crippen molar-refractivity contribution in [3.05, 3.63) is 24.0 Å². The lowest BCUT2D eigenvalue weighted by molar-refractivity contribution is 0.0976. The highest BCUT2D eigenvalue weighted by Crippen LogP contribution is 2.27. The van der Waals surface area contributed by atoms with Crippen LogP contribution in [0.2, 0.25) is 0 Å². The van der Waals surface area contributed by atoms with Gasteiger partial charge in [0.2, 0.25) is 0 Å². The number of carboxylic acid groups (broad SMARTS) is 1. The van der Waals surface area contributed by atoms with Crippen LogP contribution in [-0.2, 0) is 0 Å². The molecule has 0 aromatic carbocycles. The van der Waals surface area contributed by atoms with Crippen molar-refractivity contribution < 1.29 is 14.7 Å². The number of rotatable bonds is 3. The van der Waals surface area contributed by atoms with E-state index in [-0.39, 0.29) is 11.9 Å². The number of hydrogen-bond donors (Lipinski definition) is 5. The van der Waals surface area contributed by atoms with Gasteiger partial charge in [0.05, 0.1) is 17.1 Å². The van der Waals surface area contributed by atoms with E-state index in [1.54, 1.807) is 6.20 Å². The smallest absolute Gasteiger partial charge is 0.407 e. The predicted octanol–water partition coefficient (Wildman–Crippen LogP) is 1.84. The Morgan fingerprint density at radius 1 is 1.48 bits per heavy atom. The molecule has 1 aliphatic heterocycles. The van der Waals surface area contributed by atoms with Gasteiger partial charge >= 0.3 is 6.09 Å². The minimum Gasteiger partial charge on any atom is -0.465 e. The molecule has 2 aromatic heterocycles. The zero-order valence-electron chi connectivity index (χ0n) is 13.8. The van der Waals surface area contributed by atoms with E-state index in [2.05, 4.69) is 20.6 Å². The fraction of sp³-hybridized carbons (Fsp3) is 0.375. The van der Waals surface area contributed by atoms with Crippen molar-refractivity contribution in [3.8, 4) is 0 Å². The van der Waals surface area contributed by atoms with Gasteiger partial charge in [-0.25, -0.2) is 9.78 Å². The van der Waals surface area contributed by atoms with Crippen molar-refractivity contribution in [2.24, 2.45) is 0 Å². The summed E-state index contributed by atoms with van der Waals surface area (Å²) in [5.74, 6) is -0.378. The lowest BCUT2D eigenvalue weighted by atomic mass is 10.0. The molecule has 0 saturated carbocycles. The van der Waals surface area contributed by atoms with Crippen LogP contribution in [0.4, 0.5) is 10.5 Å². The molecule has 0 aliphatic carbocycles. The van der Waals surface area contributed by atoms with E-state index in [0.29, 0.717) is 30.0 Å². The number of fused-ring (bicyclic) bond motifs is 1. The molecule has 5 N–H and O–H groups in total. The number of aromatic nitrogens is 2. The second-order valence-electron chi connectivity index (χ2n) is 6.08. The van der Waals surface area contributed by atoms with Crippen LogP contribution < -0.4 is 10.6 Å². The summed E-state index contributed by atoms with van der Waals surface area (Å²) in [6, 6.07) is 1.72. The molecule has 9 heteroatoms. The van der Waals surface area contributed by atoms with E-state index < -0.39 is 12.0 Å². The molecule has 25 heavy (non-hydrogen) atoms. The molecule has 0 unspecified atom stereocenters. The van der Waals surface area contributed by atoms with E-state index in [1.807, 2.05) is 6.07 Å². The van der Waals surface area contributed by atoms with Gasteiger partial charge < -0.3 is 25.6 Å². The number of hydrogen-bond acceptors (Lipinski definition) is 5. The molecule has 0 spiro atoms. The van der Waals surface area contributed by atoms with Crippen LogP contribution >= 0.6 is 0 Å². The third-order valence-corrected chi connectivity index (χ3v) is 4.17. The predicted molar refractivity (Wildman–Crippen MR) is 93.2 cm³/mol. The average Bonchev–Trinajstić information content (AvgIpc) is 3.03. The van der Waals surface area contributed by atoms with Gasteiger partial charge in [0.15, 0.2) is 0 Å². The molecule has 0 bridgehead atoms. The van der Waals surface area contributed by atoms with E-state index in [4.69, 9.17) is 5.41 Å². The first-order chi connectivity index (χ1) is 12.0. The van der Waals surface area contributed by atoms with Crippen LogP contribution in [0, 0.1) is 5.41 Å². The number of pyridine rings is 1. The maximum Gasteiger partial charge on any atom is 0.407 e. The highest BCUT2D eigenvalue weighted by molar-refractivity contribution is 6.11. The maximum absolute atomic E-state index is 12.4. The Kier molecular flexibility index (Phi) is 4.55. The molecule has 1 atom stereocenters. The largest absolute Gasteiger partial charge is 0.465 e. The van der Waals surface area contributed by atoms with Crippen molar-refractivity contribution >= 4 is 34.6 Å². The summed E-state index contributed by atoms with van der Waals surface area (Å²) in [6.07, 6.45) is 3.81. The topological polar surface area (TPSA) is 134 Å². The van der Waals surface area contributed by atoms with Crippen LogP contribution in [0.15, 0.2) is 18.5 Å². The molecule has 2 amide bonds. The number of aromatic amines is 1. The molecule has 1 saturated heterocycles. The van der Waals surface area contributed by atoms with E-state index in [1.165, 1.54) is 18.0 Å². The fourth-order valence-electron chi connectivity index (χ4n) is 3.05. The Bertz CT molecular complexity index is 830. The lowest BCUT2D eigenvalue weighted by Crippen LogP contribution is -2.44. The second-order valence-corrected chi connectivity index (χ2v) is 6.08. The van der Waals surface area contributed by atoms with Crippen LogP contribution in [0.1, 0.15) is 30.1 Å². The number of amidine groups is 1. The number of piperidine rings is 1. The summed E-state index contributed by atoms with van der Waals surface area (Å²) in [5, 5.41) is 23.2. The van der Waals surface area contributed by atoms with Crippen molar-refractivity contribution in [3.63, 3.8) is 0 Å². The van der Waals surface area contributed by atoms with Gasteiger partial charge in [-0.3, -0.25) is 10.2 Å². The fourth-order valence-corrected chi connectivity index (χ4v) is 3.05. The summed E-state index contributed by atoms with van der Waals surface area (Å²) in [6.45, 7) is 2.36. The first kappa shape index (κ1) is 16.7. The lowest BCUT2D eigenvalue weighted by Gasteiger charge is -2.32. The normalized spacial score (nSPS) is 17.3. The minimum absolute atomic E-state index is 0.0415. The van der Waals surface area contributed by atoms with Gasteiger partial charge in [0.25, 0.3) is 5.91 Å². The molecule has 3 rings (SSSR count). The van der Waals surface area contributed by atoms with Gasteiger partial charge in [0, 0.05) is 36.9 Å². The van der Waals surface area contributed by atoms with Crippen LogP contribution in [0.5, 0.6) is 0 Å². The first-order valence-corrected chi connectivity index (χ1v) is 8.02. The van der Waals surface area contributed by atoms with Crippen molar-refractivity contribution in [1.82, 2.24) is 20.2 Å². The molecule has 3 heterocycles. The van der Waals surface area contributed by atoms with E-state index in [0.717, 1.165) is 18.2 Å². The van der Waals surface area contributed by atoms with Crippen molar-refractivity contribution in [1.29, 1.82) is 5.41 Å². The molecular formula is C16H20N6O3. The highest BCUT2D eigenvalue weighted by atomic mass is 16.4. The molecule has 0 radical (unpaired) electrons. The SMILES string of the molecule is CC(=N)NC(=O)c1cnc2[nH]ccc2c1N[C@@H]1CCCN(C(=O)O)C1. The second kappa shape index (κ2) is 6.80. The molecule has 2 aromatic rings. The Morgan fingerprint density at radius 3 is 3.00 bits per heavy atom. The third kappa shape index (κ3) is 3.54. The van der Waals surface area contributed by atoms with Crippen LogP contribution in [-0.4, -0.2) is 56.9 Å². The number of carbonyl (C=O) groups is 2. The van der Waals surface area contributed by atoms with E-state index in [9.17, 15) is 14.7 Å². The molecular weight excluding hydrogens is 324 g/mol. The first-order valence-electron chi connectivity index (χ1n) is 8.02. The van der Waals surface area contributed by atoms with Gasteiger partial charge in [0.1, 0.15) is 5.65 Å². The zero-order chi connectivity index (χ0) is 18.0. The Labute approximate surface area is 143 Å². The highest BCUT2D eigenvalue weighted by Gasteiger charge is 2.25. The molecule has 9 nitrogen and oxygen atoms in total. The zero-order valence-corrected chi connectivity index (χ0v) is 13.8. The summed E-state index contributed by atoms with van der Waals surface area (Å²) in [7, 11) is 0. The average molecular weight is 344 g/mol. The Balaban J connectivity index is 1.93. The Hall–Kier alpha value is -3.10. The van der Waals surface area contributed by atoms with Crippen LogP contribution in [0.3, 0.4) is 0 Å². The van der Waals surface area contributed by atoms with Gasteiger partial charge in [-0.15, -0.1) is 0 Å². The molecule has 1 fully saturated rings. The number of nitrogens with one attached hydrogen (secondary N) is 4. The quantitative estimate of drug-likeness (QED) is 0.428. The van der Waals surface area contributed by atoms with Gasteiger partial charge in [-0.2, -0.15) is 0 Å². The monoisotopic (exact) mass is 344 g/mol. The maximum atomic E-state index is 12.4. The number of nitrogens with zero attached hydrogens (tertiary/aromatic N) is 2. The summed E-state index contributed by atoms with van der Waals surface area (Å²) in [4.78, 5) is 32.2. The van der Waals surface area contributed by atoms with Crippen molar-refractivity contribution in [2.45, 2.75) is 25.8 Å². The molecule has 132 valence electrons. The number of H-pyrrole nitrogens is 1. The minimum atomic E-state index is -0.939. The number of carbonyl (C=O) groups excluding carboxylic acids is 1. The number of amides is 2.